The lowest BCUT2D eigenvalue weighted by Crippen LogP contribution is -2.37. The third-order valence-corrected chi connectivity index (χ3v) is 8.07. The first kappa shape index (κ1) is 21.9. The minimum Gasteiger partial charge on any atom is -0.376 e. The second-order valence-electron chi connectivity index (χ2n) is 7.46. The van der Waals surface area contributed by atoms with Crippen molar-refractivity contribution in [2.24, 2.45) is 0 Å². The maximum Gasteiger partial charge on any atom is 0.228 e. The van der Waals surface area contributed by atoms with Crippen molar-refractivity contribution < 1.29 is 22.3 Å². The first-order valence-corrected chi connectivity index (χ1v) is 12.7. The third-order valence-electron chi connectivity index (χ3n) is 5.21. The molecule has 2 heterocycles. The summed E-state index contributed by atoms with van der Waals surface area (Å²) in [5, 5.41) is 0.409. The fourth-order valence-electron chi connectivity index (χ4n) is 3.59. The van der Waals surface area contributed by atoms with Crippen molar-refractivity contribution in [1.82, 2.24) is 4.98 Å². The summed E-state index contributed by atoms with van der Waals surface area (Å²) >= 11 is 1.25. The Labute approximate surface area is 184 Å². The van der Waals surface area contributed by atoms with Gasteiger partial charge >= 0.3 is 0 Å². The monoisotopic (exact) mass is 462 g/mol. The molecule has 1 saturated heterocycles. The van der Waals surface area contributed by atoms with Gasteiger partial charge in [0.2, 0.25) is 5.91 Å². The van der Waals surface area contributed by atoms with Crippen LogP contribution in [0.15, 0.2) is 53.4 Å². The number of amides is 1. The highest BCUT2D eigenvalue weighted by atomic mass is 32.2. The second-order valence-corrected chi connectivity index (χ2v) is 10.6. The first-order chi connectivity index (χ1) is 14.9. The molecule has 1 unspecified atom stereocenters. The number of ether oxygens (including phenoxy) is 1. The summed E-state index contributed by atoms with van der Waals surface area (Å²) in [7, 11) is -3.45. The van der Waals surface area contributed by atoms with Crippen molar-refractivity contribution in [3.63, 3.8) is 0 Å². The Bertz CT molecular complexity index is 1160. The SMILES string of the molecule is O=C(CCCS(=O)(=O)c1ccccc1)N(CC1CCCO1)c1nc2c(F)cccc2s1. The van der Waals surface area contributed by atoms with Gasteiger partial charge in [-0.25, -0.2) is 17.8 Å². The van der Waals surface area contributed by atoms with E-state index in [1.165, 1.54) is 22.3 Å². The van der Waals surface area contributed by atoms with Crippen LogP contribution >= 0.6 is 11.3 Å². The van der Waals surface area contributed by atoms with Gasteiger partial charge in [-0.05, 0) is 43.5 Å². The molecule has 1 amide bonds. The molecule has 0 saturated carbocycles. The maximum absolute atomic E-state index is 14.1. The Morgan fingerprint density at radius 1 is 1.19 bits per heavy atom. The molecule has 0 bridgehead atoms. The van der Waals surface area contributed by atoms with E-state index in [9.17, 15) is 17.6 Å². The maximum atomic E-state index is 14.1. The van der Waals surface area contributed by atoms with Crippen LogP contribution in [0.3, 0.4) is 0 Å². The summed E-state index contributed by atoms with van der Waals surface area (Å²) in [5.41, 5.74) is 0.235. The van der Waals surface area contributed by atoms with Gasteiger partial charge in [-0.1, -0.05) is 35.6 Å². The Morgan fingerprint density at radius 3 is 2.71 bits per heavy atom. The molecule has 1 fully saturated rings. The van der Waals surface area contributed by atoms with E-state index in [-0.39, 0.29) is 41.0 Å². The largest absolute Gasteiger partial charge is 0.376 e. The number of hydrogen-bond acceptors (Lipinski definition) is 6. The number of hydrogen-bond donors (Lipinski definition) is 0. The molecular formula is C22H23FN2O4S2. The van der Waals surface area contributed by atoms with Crippen LogP contribution in [0.25, 0.3) is 10.2 Å². The summed E-state index contributed by atoms with van der Waals surface area (Å²) in [4.78, 5) is 19.2. The number of sulfone groups is 1. The van der Waals surface area contributed by atoms with Gasteiger partial charge in [0, 0.05) is 13.0 Å². The van der Waals surface area contributed by atoms with Gasteiger partial charge in [0.25, 0.3) is 0 Å². The zero-order chi connectivity index (χ0) is 21.8. The van der Waals surface area contributed by atoms with Crippen LogP contribution in [0.4, 0.5) is 9.52 Å². The van der Waals surface area contributed by atoms with E-state index in [0.717, 1.165) is 12.8 Å². The van der Waals surface area contributed by atoms with Crippen LogP contribution in [-0.2, 0) is 19.4 Å². The summed E-state index contributed by atoms with van der Waals surface area (Å²) in [6, 6.07) is 12.9. The molecule has 0 radical (unpaired) electrons. The molecule has 1 aromatic heterocycles. The molecule has 6 nitrogen and oxygen atoms in total. The molecule has 9 heteroatoms. The molecule has 31 heavy (non-hydrogen) atoms. The molecule has 1 aliphatic heterocycles. The molecular weight excluding hydrogens is 439 g/mol. The number of halogens is 1. The van der Waals surface area contributed by atoms with E-state index in [1.54, 1.807) is 42.5 Å². The van der Waals surface area contributed by atoms with Crippen LogP contribution in [0, 0.1) is 5.82 Å². The summed E-state index contributed by atoms with van der Waals surface area (Å²) in [6.45, 7) is 0.974. The van der Waals surface area contributed by atoms with Crippen molar-refractivity contribution in [3.8, 4) is 0 Å². The Hall–Kier alpha value is -2.36. The predicted octanol–water partition coefficient (Wildman–Crippen LogP) is 4.20. The number of nitrogens with zero attached hydrogens (tertiary/aromatic N) is 2. The number of para-hydroxylation sites is 1. The van der Waals surface area contributed by atoms with Gasteiger partial charge in [-0.3, -0.25) is 9.69 Å². The number of carbonyl (C=O) groups is 1. The zero-order valence-electron chi connectivity index (χ0n) is 16.9. The lowest BCUT2D eigenvalue weighted by molar-refractivity contribution is -0.119. The summed E-state index contributed by atoms with van der Waals surface area (Å²) < 4.78 is 45.4. The molecule has 0 spiro atoms. The van der Waals surface area contributed by atoms with Crippen LogP contribution in [0.5, 0.6) is 0 Å². The normalized spacial score (nSPS) is 16.6. The number of anilines is 1. The van der Waals surface area contributed by atoms with E-state index in [2.05, 4.69) is 4.98 Å². The number of aromatic nitrogens is 1. The molecule has 164 valence electrons. The fourth-order valence-corrected chi connectivity index (χ4v) is 5.93. The highest BCUT2D eigenvalue weighted by molar-refractivity contribution is 7.91. The van der Waals surface area contributed by atoms with Crippen LogP contribution < -0.4 is 4.90 Å². The van der Waals surface area contributed by atoms with E-state index < -0.39 is 15.7 Å². The average molecular weight is 463 g/mol. The smallest absolute Gasteiger partial charge is 0.228 e. The average Bonchev–Trinajstić information content (AvgIpc) is 3.43. The lowest BCUT2D eigenvalue weighted by Gasteiger charge is -2.23. The van der Waals surface area contributed by atoms with Gasteiger partial charge in [0.1, 0.15) is 11.3 Å². The molecule has 4 rings (SSSR count). The zero-order valence-corrected chi connectivity index (χ0v) is 18.5. The second kappa shape index (κ2) is 9.42. The minimum absolute atomic E-state index is 0.0528. The van der Waals surface area contributed by atoms with Crippen molar-refractivity contribution in [2.75, 3.05) is 23.8 Å². The topological polar surface area (TPSA) is 76.6 Å². The Morgan fingerprint density at radius 2 is 2.00 bits per heavy atom. The van der Waals surface area contributed by atoms with Gasteiger partial charge in [0.05, 0.1) is 28.0 Å². The van der Waals surface area contributed by atoms with Gasteiger partial charge in [-0.2, -0.15) is 0 Å². The number of fused-ring (bicyclic) bond motifs is 1. The number of benzene rings is 2. The van der Waals surface area contributed by atoms with Gasteiger partial charge in [0.15, 0.2) is 15.0 Å². The van der Waals surface area contributed by atoms with Crippen molar-refractivity contribution in [2.45, 2.75) is 36.7 Å². The number of rotatable bonds is 8. The number of carbonyl (C=O) groups excluding carboxylic acids is 1. The molecule has 0 N–H and O–H groups in total. The van der Waals surface area contributed by atoms with E-state index >= 15 is 0 Å². The van der Waals surface area contributed by atoms with Crippen molar-refractivity contribution in [1.29, 1.82) is 0 Å². The molecule has 1 atom stereocenters. The fraction of sp³-hybridized carbons (Fsp3) is 0.364. The third kappa shape index (κ3) is 5.11. The van der Waals surface area contributed by atoms with E-state index in [1.807, 2.05) is 0 Å². The highest BCUT2D eigenvalue weighted by Crippen LogP contribution is 2.31. The molecule has 1 aliphatic rings. The minimum atomic E-state index is -3.45. The van der Waals surface area contributed by atoms with E-state index in [4.69, 9.17) is 4.74 Å². The predicted molar refractivity (Wildman–Crippen MR) is 119 cm³/mol. The van der Waals surface area contributed by atoms with Crippen LogP contribution in [0.2, 0.25) is 0 Å². The standard InChI is InChI=1S/C22H23FN2O4S2/c23-18-10-4-11-19-21(18)24-22(30-19)25(15-16-7-5-13-29-16)20(26)12-6-14-31(27,28)17-8-2-1-3-9-17/h1-4,8-11,16H,5-7,12-15H2. The summed E-state index contributed by atoms with van der Waals surface area (Å²) in [5.74, 6) is -0.790. The van der Waals surface area contributed by atoms with Gasteiger partial charge < -0.3 is 4.74 Å². The summed E-state index contributed by atoms with van der Waals surface area (Å²) in [6.07, 6.45) is 1.91. The van der Waals surface area contributed by atoms with Crippen LogP contribution in [0.1, 0.15) is 25.7 Å². The molecule has 2 aromatic carbocycles. The number of thiazole rings is 1. The first-order valence-electron chi connectivity index (χ1n) is 10.2. The van der Waals surface area contributed by atoms with Crippen LogP contribution in [-0.4, -0.2) is 44.3 Å². The highest BCUT2D eigenvalue weighted by Gasteiger charge is 2.27. The Balaban J connectivity index is 1.49. The molecule has 0 aliphatic carbocycles. The molecule has 3 aromatic rings. The van der Waals surface area contributed by atoms with E-state index in [0.29, 0.717) is 23.0 Å². The van der Waals surface area contributed by atoms with Gasteiger partial charge in [-0.15, -0.1) is 0 Å². The quantitative estimate of drug-likeness (QED) is 0.501. The van der Waals surface area contributed by atoms with Crippen molar-refractivity contribution >= 4 is 42.4 Å². The lowest BCUT2D eigenvalue weighted by atomic mass is 10.2. The van der Waals surface area contributed by atoms with Crippen molar-refractivity contribution in [3.05, 3.63) is 54.3 Å². The Kier molecular flexibility index (Phi) is 6.64.